The van der Waals surface area contributed by atoms with Crippen molar-refractivity contribution in [3.8, 4) is 0 Å². The van der Waals surface area contributed by atoms with Crippen molar-refractivity contribution in [3.63, 3.8) is 0 Å². The summed E-state index contributed by atoms with van der Waals surface area (Å²) in [5, 5.41) is 7.99. The summed E-state index contributed by atoms with van der Waals surface area (Å²) < 4.78 is 2.57. The van der Waals surface area contributed by atoms with E-state index in [2.05, 4.69) is 55.1 Å². The molecule has 0 aromatic carbocycles. The van der Waals surface area contributed by atoms with E-state index in [0.29, 0.717) is 34.0 Å². The summed E-state index contributed by atoms with van der Waals surface area (Å²) in [6, 6.07) is 1.67. The number of carbonyl (C=O) groups excluding carboxylic acids is 1. The van der Waals surface area contributed by atoms with E-state index in [1.807, 2.05) is 6.20 Å². The Labute approximate surface area is 184 Å². The Morgan fingerprint density at radius 2 is 2.23 bits per heavy atom. The standard InChI is InChI=1S/C20H21BrN6O2S/c1-20(2)4-3-6-26(20)7-5-22-17(28)11-8-12-15(23-9-11)16-14(18(29)24-12)19-27(25-16)10-13(21)30-19/h8-10H,3-7H2,1-2H3,(H,22,28)(H,24,29). The molecule has 4 aromatic heterocycles. The number of nitrogens with one attached hydrogen (secondary N) is 2. The molecule has 156 valence electrons. The van der Waals surface area contributed by atoms with Crippen LogP contribution in [0.3, 0.4) is 0 Å². The minimum atomic E-state index is -0.238. The van der Waals surface area contributed by atoms with Crippen molar-refractivity contribution < 1.29 is 4.79 Å². The van der Waals surface area contributed by atoms with E-state index >= 15 is 0 Å². The van der Waals surface area contributed by atoms with Gasteiger partial charge in [0.1, 0.15) is 21.3 Å². The molecule has 1 amide bonds. The molecule has 1 saturated heterocycles. The van der Waals surface area contributed by atoms with Crippen LogP contribution in [0, 0.1) is 0 Å². The Hall–Kier alpha value is -2.30. The Morgan fingerprint density at radius 3 is 3.00 bits per heavy atom. The molecule has 0 atom stereocenters. The number of hydrogen-bond acceptors (Lipinski definition) is 6. The lowest BCUT2D eigenvalue weighted by molar-refractivity contribution is 0.0940. The number of pyridine rings is 2. The van der Waals surface area contributed by atoms with E-state index in [1.165, 1.54) is 24.2 Å². The quantitative estimate of drug-likeness (QED) is 0.459. The van der Waals surface area contributed by atoms with Gasteiger partial charge in [-0.3, -0.25) is 19.5 Å². The van der Waals surface area contributed by atoms with Crippen molar-refractivity contribution in [1.29, 1.82) is 0 Å². The van der Waals surface area contributed by atoms with Crippen LogP contribution in [0.2, 0.25) is 0 Å². The minimum absolute atomic E-state index is 0.188. The molecule has 1 fully saturated rings. The highest BCUT2D eigenvalue weighted by Gasteiger charge is 2.31. The van der Waals surface area contributed by atoms with Gasteiger partial charge >= 0.3 is 0 Å². The third kappa shape index (κ3) is 3.23. The topological polar surface area (TPSA) is 95.4 Å². The first kappa shape index (κ1) is 19.7. The van der Waals surface area contributed by atoms with Gasteiger partial charge in [0, 0.05) is 24.8 Å². The van der Waals surface area contributed by atoms with Crippen molar-refractivity contribution in [1.82, 2.24) is 29.8 Å². The lowest BCUT2D eigenvalue weighted by Crippen LogP contribution is -2.43. The number of carbonyl (C=O) groups is 1. The summed E-state index contributed by atoms with van der Waals surface area (Å²) in [6.07, 6.45) is 5.73. The van der Waals surface area contributed by atoms with Crippen LogP contribution in [0.25, 0.3) is 26.8 Å². The highest BCUT2D eigenvalue weighted by Crippen LogP contribution is 2.30. The molecular weight excluding hydrogens is 468 g/mol. The molecule has 0 aliphatic carbocycles. The zero-order chi connectivity index (χ0) is 21.0. The van der Waals surface area contributed by atoms with Gasteiger partial charge in [0.2, 0.25) is 0 Å². The van der Waals surface area contributed by atoms with Crippen molar-refractivity contribution >= 4 is 59.9 Å². The molecule has 0 spiro atoms. The van der Waals surface area contributed by atoms with Crippen molar-refractivity contribution in [2.75, 3.05) is 19.6 Å². The van der Waals surface area contributed by atoms with E-state index in [-0.39, 0.29) is 17.0 Å². The Morgan fingerprint density at radius 1 is 1.40 bits per heavy atom. The summed E-state index contributed by atoms with van der Waals surface area (Å²) >= 11 is 4.86. The largest absolute Gasteiger partial charge is 0.351 e. The van der Waals surface area contributed by atoms with Gasteiger partial charge in [-0.15, -0.1) is 11.3 Å². The number of nitrogens with zero attached hydrogens (tertiary/aromatic N) is 4. The minimum Gasteiger partial charge on any atom is -0.351 e. The molecule has 8 nitrogen and oxygen atoms in total. The van der Waals surface area contributed by atoms with Crippen LogP contribution in [0.4, 0.5) is 0 Å². The number of likely N-dealkylation sites (tertiary alicyclic amines) is 1. The fourth-order valence-electron chi connectivity index (χ4n) is 4.23. The molecule has 5 heterocycles. The van der Waals surface area contributed by atoms with Crippen LogP contribution in [0.1, 0.15) is 37.0 Å². The van der Waals surface area contributed by atoms with Gasteiger partial charge in [-0.05, 0) is 55.2 Å². The Bertz CT molecular complexity index is 1350. The predicted octanol–water partition coefficient (Wildman–Crippen LogP) is 3.15. The maximum absolute atomic E-state index is 12.7. The average molecular weight is 489 g/mol. The van der Waals surface area contributed by atoms with Crippen LogP contribution in [-0.4, -0.2) is 55.6 Å². The molecule has 5 rings (SSSR count). The fourth-order valence-corrected chi connectivity index (χ4v) is 5.70. The van der Waals surface area contributed by atoms with E-state index < -0.39 is 0 Å². The van der Waals surface area contributed by atoms with Gasteiger partial charge in [-0.2, -0.15) is 5.10 Å². The maximum atomic E-state index is 12.7. The van der Waals surface area contributed by atoms with Crippen LogP contribution < -0.4 is 10.9 Å². The van der Waals surface area contributed by atoms with Gasteiger partial charge in [-0.1, -0.05) is 0 Å². The van der Waals surface area contributed by atoms with Crippen molar-refractivity contribution in [2.24, 2.45) is 0 Å². The molecule has 0 radical (unpaired) electrons. The van der Waals surface area contributed by atoms with Gasteiger partial charge in [-0.25, -0.2) is 4.52 Å². The van der Waals surface area contributed by atoms with Crippen LogP contribution in [0.5, 0.6) is 0 Å². The van der Waals surface area contributed by atoms with Crippen LogP contribution in [-0.2, 0) is 0 Å². The number of aromatic amines is 1. The third-order valence-electron chi connectivity index (χ3n) is 5.87. The second-order valence-electron chi connectivity index (χ2n) is 8.24. The average Bonchev–Trinajstić information content (AvgIpc) is 3.32. The summed E-state index contributed by atoms with van der Waals surface area (Å²) in [4.78, 5) is 35.8. The van der Waals surface area contributed by atoms with E-state index in [4.69, 9.17) is 0 Å². The highest BCUT2D eigenvalue weighted by atomic mass is 79.9. The zero-order valence-electron chi connectivity index (χ0n) is 16.7. The maximum Gasteiger partial charge on any atom is 0.261 e. The number of halogens is 1. The van der Waals surface area contributed by atoms with Crippen molar-refractivity contribution in [3.05, 3.63) is 38.2 Å². The van der Waals surface area contributed by atoms with Gasteiger partial charge in [0.25, 0.3) is 11.5 Å². The second kappa shape index (κ2) is 7.14. The number of rotatable bonds is 4. The lowest BCUT2D eigenvalue weighted by Gasteiger charge is -2.31. The van der Waals surface area contributed by atoms with E-state index in [1.54, 1.807) is 16.8 Å². The molecule has 2 N–H and O–H groups in total. The normalized spacial score (nSPS) is 16.8. The molecule has 1 aliphatic rings. The molecule has 0 bridgehead atoms. The summed E-state index contributed by atoms with van der Waals surface area (Å²) in [5.41, 5.74) is 1.99. The Kier molecular flexibility index (Phi) is 4.68. The third-order valence-corrected chi connectivity index (χ3v) is 7.45. The van der Waals surface area contributed by atoms with E-state index in [9.17, 15) is 9.59 Å². The summed E-state index contributed by atoms with van der Waals surface area (Å²) in [6.45, 7) is 6.94. The highest BCUT2D eigenvalue weighted by molar-refractivity contribution is 9.11. The number of H-pyrrole nitrogens is 1. The fraction of sp³-hybridized carbons (Fsp3) is 0.400. The van der Waals surface area contributed by atoms with Gasteiger partial charge in [0.15, 0.2) is 0 Å². The first-order chi connectivity index (χ1) is 14.3. The molecule has 30 heavy (non-hydrogen) atoms. The molecule has 10 heteroatoms. The smallest absolute Gasteiger partial charge is 0.261 e. The van der Waals surface area contributed by atoms with Gasteiger partial charge in [0.05, 0.1) is 21.1 Å². The number of fused-ring (bicyclic) bond motifs is 5. The number of hydrogen-bond donors (Lipinski definition) is 2. The molecule has 0 saturated carbocycles. The SMILES string of the molecule is CC1(C)CCCN1CCNC(=O)c1cnc2c(c1)[nH]c(=O)c1c2nn2cc(Br)sc12. The second-order valence-corrected chi connectivity index (χ2v) is 10.7. The van der Waals surface area contributed by atoms with Gasteiger partial charge < -0.3 is 10.3 Å². The monoisotopic (exact) mass is 488 g/mol. The molecule has 0 unspecified atom stereocenters. The lowest BCUT2D eigenvalue weighted by atomic mass is 10.0. The molecule has 1 aliphatic heterocycles. The first-order valence-corrected chi connectivity index (χ1v) is 11.5. The summed E-state index contributed by atoms with van der Waals surface area (Å²) in [7, 11) is 0. The van der Waals surface area contributed by atoms with Crippen molar-refractivity contribution in [2.45, 2.75) is 32.2 Å². The van der Waals surface area contributed by atoms with Crippen LogP contribution >= 0.6 is 27.3 Å². The van der Waals surface area contributed by atoms with E-state index in [0.717, 1.165) is 21.7 Å². The van der Waals surface area contributed by atoms with Crippen LogP contribution in [0.15, 0.2) is 27.0 Å². The number of amides is 1. The molecular formula is C20H21BrN6O2S. The predicted molar refractivity (Wildman–Crippen MR) is 121 cm³/mol. The first-order valence-electron chi connectivity index (χ1n) is 9.86. The summed E-state index contributed by atoms with van der Waals surface area (Å²) in [5.74, 6) is -0.197. The Balaban J connectivity index is 1.41. The number of thiazole rings is 1. The zero-order valence-corrected chi connectivity index (χ0v) is 19.1. The molecule has 4 aromatic rings. The number of aromatic nitrogens is 4.